The van der Waals surface area contributed by atoms with Crippen LogP contribution in [-0.4, -0.2) is 0 Å². The van der Waals surface area contributed by atoms with Gasteiger partial charge in [0.2, 0.25) is 0 Å². The summed E-state index contributed by atoms with van der Waals surface area (Å²) in [7, 11) is 0. The lowest BCUT2D eigenvalue weighted by atomic mass is 9.80. The number of nitrogens with zero attached hydrogens (tertiary/aromatic N) is 1. The van der Waals surface area contributed by atoms with Crippen molar-refractivity contribution in [1.29, 1.82) is 0 Å². The molecular formula is C52H39NOS. The Bertz CT molecular complexity index is 3030. The van der Waals surface area contributed by atoms with Crippen molar-refractivity contribution in [3.63, 3.8) is 0 Å². The van der Waals surface area contributed by atoms with Gasteiger partial charge in [-0.3, -0.25) is 0 Å². The molecule has 1 saturated carbocycles. The van der Waals surface area contributed by atoms with Crippen LogP contribution >= 0.6 is 11.3 Å². The zero-order chi connectivity index (χ0) is 36.3. The average molecular weight is 726 g/mol. The quantitative estimate of drug-likeness (QED) is 0.170. The second kappa shape index (κ2) is 13.3. The molecule has 0 bridgehead atoms. The van der Waals surface area contributed by atoms with Crippen LogP contribution in [0.25, 0.3) is 75.1 Å². The van der Waals surface area contributed by atoms with Gasteiger partial charge in [0.05, 0.1) is 11.4 Å². The lowest BCUT2D eigenvalue weighted by Crippen LogP contribution is -2.12. The van der Waals surface area contributed by atoms with Gasteiger partial charge in [-0.1, -0.05) is 153 Å². The van der Waals surface area contributed by atoms with Crippen LogP contribution in [0.1, 0.15) is 43.6 Å². The lowest BCUT2D eigenvalue weighted by Gasteiger charge is -2.29. The molecule has 2 nitrogen and oxygen atoms in total. The molecule has 1 aliphatic carbocycles. The van der Waals surface area contributed by atoms with Crippen molar-refractivity contribution in [2.75, 3.05) is 4.90 Å². The van der Waals surface area contributed by atoms with Crippen molar-refractivity contribution in [3.05, 3.63) is 175 Å². The summed E-state index contributed by atoms with van der Waals surface area (Å²) in [6.07, 6.45) is 6.48. The number of hydrogen-bond acceptors (Lipinski definition) is 3. The standard InChI is InChI=1S/C52H39NOS/c1-2-14-34(15-3-1)38-21-10-16-36-17-11-23-43(50(36)38)40-18-4-7-26-46(40)53(47-27-13-24-44-41-19-5-8-28-48(41)54-51(44)47)37-32-30-35(31-33-37)39-22-12-25-45-42-20-6-9-29-49(42)55-52(39)45/h4-13,16-34H,1-3,14-15H2. The van der Waals surface area contributed by atoms with Crippen LogP contribution in [0.15, 0.2) is 174 Å². The Balaban J connectivity index is 1.13. The van der Waals surface area contributed by atoms with E-state index in [0.717, 1.165) is 39.0 Å². The normalized spacial score (nSPS) is 13.7. The molecule has 0 spiro atoms. The van der Waals surface area contributed by atoms with Crippen molar-refractivity contribution in [2.45, 2.75) is 38.0 Å². The van der Waals surface area contributed by atoms with Gasteiger partial charge in [0.15, 0.2) is 5.58 Å². The van der Waals surface area contributed by atoms with Gasteiger partial charge < -0.3 is 9.32 Å². The minimum Gasteiger partial charge on any atom is -0.454 e. The summed E-state index contributed by atoms with van der Waals surface area (Å²) >= 11 is 1.88. The molecule has 264 valence electrons. The fourth-order valence-corrected chi connectivity index (χ4v) is 10.6. The highest BCUT2D eigenvalue weighted by molar-refractivity contribution is 7.26. The maximum Gasteiger partial charge on any atom is 0.159 e. The van der Waals surface area contributed by atoms with Crippen molar-refractivity contribution >= 4 is 81.3 Å². The Labute approximate surface area is 324 Å². The van der Waals surface area contributed by atoms with Crippen LogP contribution in [-0.2, 0) is 0 Å². The molecule has 8 aromatic carbocycles. The molecular weight excluding hydrogens is 687 g/mol. The minimum atomic E-state index is 0.587. The van der Waals surface area contributed by atoms with E-state index in [1.54, 1.807) is 0 Å². The van der Waals surface area contributed by atoms with Crippen molar-refractivity contribution in [1.82, 2.24) is 0 Å². The van der Waals surface area contributed by atoms with E-state index in [0.29, 0.717) is 5.92 Å². The fourth-order valence-electron chi connectivity index (χ4n) is 9.33. The first-order valence-corrected chi connectivity index (χ1v) is 20.4. The van der Waals surface area contributed by atoms with Gasteiger partial charge in [-0.05, 0) is 88.2 Å². The Morgan fingerprint density at radius 3 is 2.04 bits per heavy atom. The molecule has 2 aromatic heterocycles. The summed E-state index contributed by atoms with van der Waals surface area (Å²) in [4.78, 5) is 2.42. The van der Waals surface area contributed by atoms with E-state index >= 15 is 0 Å². The van der Waals surface area contributed by atoms with Crippen LogP contribution in [0.3, 0.4) is 0 Å². The first-order chi connectivity index (χ1) is 27.3. The van der Waals surface area contributed by atoms with Gasteiger partial charge in [-0.15, -0.1) is 11.3 Å². The second-order valence-electron chi connectivity index (χ2n) is 15.0. The molecule has 0 amide bonds. The van der Waals surface area contributed by atoms with E-state index in [-0.39, 0.29) is 0 Å². The fraction of sp³-hybridized carbons (Fsp3) is 0.115. The SMILES string of the molecule is c1ccc(N(c2ccc(-c3cccc4c3sc3ccccc34)cc2)c2cccc3c2oc2ccccc23)c(-c2cccc3cccc(C4CCCCC4)c23)c1. The van der Waals surface area contributed by atoms with Crippen molar-refractivity contribution < 1.29 is 4.42 Å². The molecule has 0 N–H and O–H groups in total. The molecule has 10 aromatic rings. The van der Waals surface area contributed by atoms with Gasteiger partial charge >= 0.3 is 0 Å². The largest absolute Gasteiger partial charge is 0.454 e. The molecule has 0 saturated heterocycles. The van der Waals surface area contributed by atoms with Crippen LogP contribution in [0.4, 0.5) is 17.1 Å². The summed E-state index contributed by atoms with van der Waals surface area (Å²) < 4.78 is 9.40. The van der Waals surface area contributed by atoms with Gasteiger partial charge in [0.1, 0.15) is 5.58 Å². The van der Waals surface area contributed by atoms with E-state index in [9.17, 15) is 0 Å². The Hall–Kier alpha value is -6.16. The molecule has 3 heteroatoms. The Kier molecular flexibility index (Phi) is 7.81. The third-order valence-electron chi connectivity index (χ3n) is 11.9. The molecule has 55 heavy (non-hydrogen) atoms. The summed E-state index contributed by atoms with van der Waals surface area (Å²) in [5, 5.41) is 7.58. The van der Waals surface area contributed by atoms with E-state index in [2.05, 4.69) is 175 Å². The number of benzene rings is 8. The van der Waals surface area contributed by atoms with Gasteiger partial charge in [-0.2, -0.15) is 0 Å². The van der Waals surface area contributed by atoms with E-state index in [1.807, 2.05) is 11.3 Å². The predicted molar refractivity (Wildman–Crippen MR) is 235 cm³/mol. The van der Waals surface area contributed by atoms with Crippen LogP contribution in [0, 0.1) is 0 Å². The third-order valence-corrected chi connectivity index (χ3v) is 13.1. The van der Waals surface area contributed by atoms with Gasteiger partial charge in [-0.25, -0.2) is 0 Å². The predicted octanol–water partition coefficient (Wildman–Crippen LogP) is 16.0. The number of furan rings is 1. The van der Waals surface area contributed by atoms with Gasteiger partial charge in [0.25, 0.3) is 0 Å². The molecule has 0 radical (unpaired) electrons. The highest BCUT2D eigenvalue weighted by Crippen LogP contribution is 2.48. The first-order valence-electron chi connectivity index (χ1n) is 19.6. The Morgan fingerprint density at radius 1 is 0.491 bits per heavy atom. The number of rotatable bonds is 6. The molecule has 11 rings (SSSR count). The van der Waals surface area contributed by atoms with Crippen molar-refractivity contribution in [3.8, 4) is 22.3 Å². The number of hydrogen-bond donors (Lipinski definition) is 0. The number of para-hydroxylation sites is 3. The summed E-state index contributed by atoms with van der Waals surface area (Å²) in [6, 6.07) is 62.3. The highest BCUT2D eigenvalue weighted by Gasteiger charge is 2.25. The van der Waals surface area contributed by atoms with Crippen LogP contribution < -0.4 is 4.90 Å². The maximum absolute atomic E-state index is 6.75. The highest BCUT2D eigenvalue weighted by atomic mass is 32.1. The monoisotopic (exact) mass is 725 g/mol. The zero-order valence-electron chi connectivity index (χ0n) is 30.5. The molecule has 2 heterocycles. The van der Waals surface area contributed by atoms with Gasteiger partial charge in [0, 0.05) is 42.2 Å². The molecule has 1 aliphatic rings. The number of thiophene rings is 1. The second-order valence-corrected chi connectivity index (χ2v) is 16.1. The molecule has 1 fully saturated rings. The molecule has 0 aliphatic heterocycles. The first kappa shape index (κ1) is 32.3. The third kappa shape index (κ3) is 5.37. The van der Waals surface area contributed by atoms with E-state index < -0.39 is 0 Å². The molecule has 0 atom stereocenters. The molecule has 0 unspecified atom stereocenters. The maximum atomic E-state index is 6.75. The smallest absolute Gasteiger partial charge is 0.159 e. The number of fused-ring (bicyclic) bond motifs is 7. The Morgan fingerprint density at radius 2 is 1.15 bits per heavy atom. The number of anilines is 3. The van der Waals surface area contributed by atoms with E-state index in [4.69, 9.17) is 4.42 Å². The summed E-state index contributed by atoms with van der Waals surface area (Å²) in [6.45, 7) is 0. The van der Waals surface area contributed by atoms with Crippen LogP contribution in [0.5, 0.6) is 0 Å². The summed E-state index contributed by atoms with van der Waals surface area (Å²) in [5.74, 6) is 0.587. The van der Waals surface area contributed by atoms with E-state index in [1.165, 1.54) is 90.9 Å². The van der Waals surface area contributed by atoms with Crippen molar-refractivity contribution in [2.24, 2.45) is 0 Å². The van der Waals surface area contributed by atoms with Crippen LogP contribution in [0.2, 0.25) is 0 Å². The average Bonchev–Trinajstić information content (AvgIpc) is 3.83. The zero-order valence-corrected chi connectivity index (χ0v) is 31.4. The minimum absolute atomic E-state index is 0.587. The summed E-state index contributed by atoms with van der Waals surface area (Å²) in [5.41, 5.74) is 11.5. The lowest BCUT2D eigenvalue weighted by molar-refractivity contribution is 0.445. The topological polar surface area (TPSA) is 16.4 Å².